The lowest BCUT2D eigenvalue weighted by Crippen LogP contribution is -2.00. The molecule has 0 aliphatic heterocycles. The van der Waals surface area contributed by atoms with Crippen molar-refractivity contribution < 1.29 is 9.26 Å². The van der Waals surface area contributed by atoms with Crippen LogP contribution in [0.25, 0.3) is 10.9 Å². The number of aromatic nitrogens is 3. The smallest absolute Gasteiger partial charge is 0.264 e. The first-order chi connectivity index (χ1) is 11.4. The van der Waals surface area contributed by atoms with Crippen LogP contribution in [0.2, 0.25) is 10.0 Å². The maximum atomic E-state index is 6.29. The number of halogens is 2. The Kier molecular flexibility index (Phi) is 4.92. The van der Waals surface area contributed by atoms with Gasteiger partial charge >= 0.3 is 0 Å². The summed E-state index contributed by atoms with van der Waals surface area (Å²) in [7, 11) is 0. The molecule has 0 spiro atoms. The quantitative estimate of drug-likeness (QED) is 0.635. The molecule has 0 bridgehead atoms. The van der Waals surface area contributed by atoms with E-state index in [4.69, 9.17) is 32.5 Å². The zero-order valence-corrected chi connectivity index (χ0v) is 15.1. The number of ether oxygens (including phenoxy) is 1. The second kappa shape index (κ2) is 6.95. The fourth-order valence-corrected chi connectivity index (χ4v) is 2.93. The molecular weight excluding hydrogens is 349 g/mol. The first-order valence-corrected chi connectivity index (χ1v) is 8.39. The molecule has 3 rings (SSSR count). The molecule has 7 heteroatoms. The number of hydrogen-bond acceptors (Lipinski definition) is 5. The van der Waals surface area contributed by atoms with E-state index in [0.29, 0.717) is 38.9 Å². The molecule has 1 aromatic carbocycles. The van der Waals surface area contributed by atoms with E-state index in [0.717, 1.165) is 17.5 Å². The summed E-state index contributed by atoms with van der Waals surface area (Å²) < 4.78 is 11.0. The lowest BCUT2D eigenvalue weighted by Gasteiger charge is -2.11. The average Bonchev–Trinajstić information content (AvgIpc) is 2.93. The van der Waals surface area contributed by atoms with Crippen molar-refractivity contribution >= 4 is 34.1 Å². The summed E-state index contributed by atoms with van der Waals surface area (Å²) in [6.45, 7) is 6.21. The Morgan fingerprint density at radius 1 is 1.17 bits per heavy atom. The summed E-state index contributed by atoms with van der Waals surface area (Å²) in [5.41, 5.74) is 1.47. The number of hydrogen-bond donors (Lipinski definition) is 0. The highest BCUT2D eigenvalue weighted by Crippen LogP contribution is 2.37. The van der Waals surface area contributed by atoms with Crippen LogP contribution in [0.5, 0.6) is 5.75 Å². The summed E-state index contributed by atoms with van der Waals surface area (Å²) >= 11 is 12.5. The van der Waals surface area contributed by atoms with Gasteiger partial charge in [-0.3, -0.25) is 0 Å². The third kappa shape index (κ3) is 3.62. The number of aryl methyl sites for hydroxylation is 1. The first-order valence-electron chi connectivity index (χ1n) is 7.63. The summed E-state index contributed by atoms with van der Waals surface area (Å²) in [4.78, 5) is 8.81. The third-order valence-corrected chi connectivity index (χ3v) is 4.01. The Balaban J connectivity index is 1.87. The fourth-order valence-electron chi connectivity index (χ4n) is 2.36. The molecule has 0 aliphatic rings. The fraction of sp³-hybridized carbons (Fsp3) is 0.353. The van der Waals surface area contributed by atoms with Gasteiger partial charge in [-0.25, -0.2) is 4.98 Å². The molecule has 0 atom stereocenters. The maximum Gasteiger partial charge on any atom is 0.264 e. The monoisotopic (exact) mass is 365 g/mol. The summed E-state index contributed by atoms with van der Waals surface area (Å²) in [5, 5.41) is 5.66. The predicted molar refractivity (Wildman–Crippen MR) is 93.7 cm³/mol. The van der Waals surface area contributed by atoms with Gasteiger partial charge in [0.1, 0.15) is 5.52 Å². The van der Waals surface area contributed by atoms with E-state index in [-0.39, 0.29) is 6.61 Å². The lowest BCUT2D eigenvalue weighted by molar-refractivity contribution is 0.244. The summed E-state index contributed by atoms with van der Waals surface area (Å²) in [6.07, 6.45) is 0.759. The molecule has 0 amide bonds. The van der Waals surface area contributed by atoms with Crippen LogP contribution in [0.3, 0.4) is 0 Å². The van der Waals surface area contributed by atoms with Gasteiger partial charge in [0.25, 0.3) is 5.89 Å². The van der Waals surface area contributed by atoms with Crippen LogP contribution in [-0.4, -0.2) is 15.1 Å². The molecule has 5 nitrogen and oxygen atoms in total. The van der Waals surface area contributed by atoms with Crippen molar-refractivity contribution in [3.05, 3.63) is 45.7 Å². The minimum atomic E-state index is 0.122. The van der Waals surface area contributed by atoms with E-state index >= 15 is 0 Å². The van der Waals surface area contributed by atoms with Crippen molar-refractivity contribution in [2.24, 2.45) is 5.92 Å². The van der Waals surface area contributed by atoms with Crippen molar-refractivity contribution in [2.75, 3.05) is 0 Å². The van der Waals surface area contributed by atoms with Crippen LogP contribution in [-0.2, 0) is 13.0 Å². The van der Waals surface area contributed by atoms with Gasteiger partial charge in [-0.05, 0) is 31.0 Å². The Labute approximate surface area is 149 Å². The Hall–Kier alpha value is -1.85. The number of fused-ring (bicyclic) bond motifs is 1. The van der Waals surface area contributed by atoms with E-state index in [1.807, 2.05) is 19.1 Å². The number of rotatable bonds is 5. The molecule has 126 valence electrons. The van der Waals surface area contributed by atoms with Crippen LogP contribution in [0.4, 0.5) is 0 Å². The third-order valence-electron chi connectivity index (χ3n) is 3.42. The van der Waals surface area contributed by atoms with Gasteiger partial charge in [0.15, 0.2) is 18.2 Å². The molecule has 0 unspecified atom stereocenters. The number of nitrogens with zero attached hydrogens (tertiary/aromatic N) is 3. The predicted octanol–water partition coefficient (Wildman–Crippen LogP) is 5.01. The summed E-state index contributed by atoms with van der Waals surface area (Å²) in [6, 6.07) is 5.44. The molecule has 3 aromatic rings. The zero-order chi connectivity index (χ0) is 17.3. The highest BCUT2D eigenvalue weighted by molar-refractivity contribution is 6.39. The highest BCUT2D eigenvalue weighted by Gasteiger charge is 2.15. The van der Waals surface area contributed by atoms with Crippen LogP contribution >= 0.6 is 23.2 Å². The average molecular weight is 366 g/mol. The SMILES string of the molecule is Cc1ccc2c(Cl)cc(Cl)c(OCc3nc(CC(C)C)no3)c2n1. The second-order valence-electron chi connectivity index (χ2n) is 6.01. The van der Waals surface area contributed by atoms with E-state index in [9.17, 15) is 0 Å². The largest absolute Gasteiger partial charge is 0.480 e. The molecular formula is C17H17Cl2N3O2. The van der Waals surface area contributed by atoms with Crippen LogP contribution < -0.4 is 4.74 Å². The standard InChI is InChI=1S/C17H17Cl2N3O2/c1-9(2)6-14-21-15(24-22-14)8-23-17-13(19)7-12(18)11-5-4-10(3)20-16(11)17/h4-5,7,9H,6,8H2,1-3H3. The van der Waals surface area contributed by atoms with Crippen LogP contribution in [0, 0.1) is 12.8 Å². The van der Waals surface area contributed by atoms with E-state index in [1.165, 1.54) is 0 Å². The van der Waals surface area contributed by atoms with Gasteiger partial charge in [-0.2, -0.15) is 4.98 Å². The topological polar surface area (TPSA) is 61.0 Å². The molecule has 0 saturated heterocycles. The van der Waals surface area contributed by atoms with E-state index in [2.05, 4.69) is 29.0 Å². The lowest BCUT2D eigenvalue weighted by atomic mass is 10.1. The summed E-state index contributed by atoms with van der Waals surface area (Å²) in [5.74, 6) is 1.99. The maximum absolute atomic E-state index is 6.29. The van der Waals surface area contributed by atoms with Crippen molar-refractivity contribution in [3.63, 3.8) is 0 Å². The normalized spacial score (nSPS) is 11.4. The molecule has 0 saturated carbocycles. The highest BCUT2D eigenvalue weighted by atomic mass is 35.5. The first kappa shape index (κ1) is 17.0. The van der Waals surface area contributed by atoms with Gasteiger partial charge in [0.2, 0.25) is 0 Å². The molecule has 2 aromatic heterocycles. The second-order valence-corrected chi connectivity index (χ2v) is 6.82. The minimum absolute atomic E-state index is 0.122. The Morgan fingerprint density at radius 3 is 2.71 bits per heavy atom. The van der Waals surface area contributed by atoms with Gasteiger partial charge in [0, 0.05) is 17.5 Å². The molecule has 0 aliphatic carbocycles. The number of benzene rings is 1. The number of pyridine rings is 1. The van der Waals surface area contributed by atoms with Crippen LogP contribution in [0.1, 0.15) is 31.3 Å². The zero-order valence-electron chi connectivity index (χ0n) is 13.6. The molecule has 0 radical (unpaired) electrons. The van der Waals surface area contributed by atoms with Crippen molar-refractivity contribution in [3.8, 4) is 5.75 Å². The van der Waals surface area contributed by atoms with E-state index in [1.54, 1.807) is 6.07 Å². The molecule has 24 heavy (non-hydrogen) atoms. The Morgan fingerprint density at radius 2 is 1.96 bits per heavy atom. The van der Waals surface area contributed by atoms with Gasteiger partial charge < -0.3 is 9.26 Å². The van der Waals surface area contributed by atoms with Gasteiger partial charge in [-0.15, -0.1) is 0 Å². The molecule has 0 fully saturated rings. The van der Waals surface area contributed by atoms with Crippen LogP contribution in [0.15, 0.2) is 22.7 Å². The molecule has 0 N–H and O–H groups in total. The molecule has 2 heterocycles. The van der Waals surface area contributed by atoms with Crippen molar-refractivity contribution in [2.45, 2.75) is 33.8 Å². The van der Waals surface area contributed by atoms with Crippen molar-refractivity contribution in [1.82, 2.24) is 15.1 Å². The van der Waals surface area contributed by atoms with Crippen molar-refractivity contribution in [1.29, 1.82) is 0 Å². The van der Waals surface area contributed by atoms with Gasteiger partial charge in [0.05, 0.1) is 10.0 Å². The minimum Gasteiger partial charge on any atom is -0.480 e. The van der Waals surface area contributed by atoms with E-state index < -0.39 is 0 Å². The van der Waals surface area contributed by atoms with Gasteiger partial charge in [-0.1, -0.05) is 42.2 Å². The Bertz CT molecular complexity index is 878.